The van der Waals surface area contributed by atoms with Gasteiger partial charge in [0.2, 0.25) is 0 Å². The van der Waals surface area contributed by atoms with Gasteiger partial charge in [-0.15, -0.1) is 6.58 Å². The molecule has 0 fully saturated rings. The van der Waals surface area contributed by atoms with E-state index in [2.05, 4.69) is 13.5 Å². The van der Waals surface area contributed by atoms with E-state index in [4.69, 9.17) is 4.74 Å². The Morgan fingerprint density at radius 3 is 1.93 bits per heavy atom. The van der Waals surface area contributed by atoms with E-state index >= 15 is 0 Å². The molecule has 0 aliphatic carbocycles. The molecule has 0 aromatic carbocycles. The predicted octanol–water partition coefficient (Wildman–Crippen LogP) is 5.32. The van der Waals surface area contributed by atoms with Crippen molar-refractivity contribution in [1.82, 2.24) is 5.32 Å². The monoisotopic (exact) mass is 415 g/mol. The third kappa shape index (κ3) is 10.0. The first-order chi connectivity index (χ1) is 13.1. The number of ether oxygens (including phenoxy) is 1. The summed E-state index contributed by atoms with van der Waals surface area (Å²) in [6.07, 6.45) is 4.11. The molecule has 28 heavy (non-hydrogen) atoms. The molecule has 4 nitrogen and oxygen atoms in total. The Bertz CT molecular complexity index is 481. The lowest BCUT2D eigenvalue weighted by Gasteiger charge is -2.22. The number of amides is 1. The lowest BCUT2D eigenvalue weighted by Crippen LogP contribution is -2.54. The van der Waals surface area contributed by atoms with Crippen molar-refractivity contribution in [3.63, 3.8) is 0 Å². The first-order valence-electron chi connectivity index (χ1n) is 9.61. The molecule has 0 bridgehead atoms. The van der Waals surface area contributed by atoms with Gasteiger partial charge in [-0.25, -0.2) is 4.79 Å². The summed E-state index contributed by atoms with van der Waals surface area (Å²) in [5.41, 5.74) is 0. The standard InChI is InChI=1S/C19H30F5NO3/c1-3-5-6-7-8-9-10-11-12-14-28-16(26)15(13-4-2)25-17(27)18(20,21)19(22,23)24/h4,15H,2-3,5-14H2,1H3,(H,25,27). The second-order valence-electron chi connectivity index (χ2n) is 6.62. The molecule has 1 unspecified atom stereocenters. The molecule has 0 saturated heterocycles. The van der Waals surface area contributed by atoms with Crippen LogP contribution in [0.5, 0.6) is 0 Å². The molecule has 1 atom stereocenters. The van der Waals surface area contributed by atoms with Crippen molar-refractivity contribution in [3.05, 3.63) is 12.7 Å². The minimum atomic E-state index is -6.05. The molecule has 0 aromatic rings. The van der Waals surface area contributed by atoms with Crippen molar-refractivity contribution < 1.29 is 36.3 Å². The van der Waals surface area contributed by atoms with Gasteiger partial charge in [-0.3, -0.25) is 4.79 Å². The molecular weight excluding hydrogens is 385 g/mol. The van der Waals surface area contributed by atoms with Crippen molar-refractivity contribution in [2.24, 2.45) is 0 Å². The highest BCUT2D eigenvalue weighted by Crippen LogP contribution is 2.35. The van der Waals surface area contributed by atoms with Gasteiger partial charge in [0.1, 0.15) is 6.04 Å². The third-order valence-corrected chi connectivity index (χ3v) is 4.13. The summed E-state index contributed by atoms with van der Waals surface area (Å²) in [4.78, 5) is 23.1. The van der Waals surface area contributed by atoms with Crippen molar-refractivity contribution in [3.8, 4) is 0 Å². The maximum absolute atomic E-state index is 13.0. The number of hydrogen-bond acceptors (Lipinski definition) is 3. The van der Waals surface area contributed by atoms with E-state index in [1.165, 1.54) is 31.0 Å². The van der Waals surface area contributed by atoms with Gasteiger partial charge in [0, 0.05) is 0 Å². The van der Waals surface area contributed by atoms with Crippen LogP contribution in [-0.4, -0.2) is 36.6 Å². The van der Waals surface area contributed by atoms with Gasteiger partial charge in [0.25, 0.3) is 0 Å². The van der Waals surface area contributed by atoms with E-state index in [1.807, 2.05) is 0 Å². The molecule has 0 aliphatic heterocycles. The Kier molecular flexibility index (Phi) is 12.7. The molecule has 1 amide bonds. The van der Waals surface area contributed by atoms with Gasteiger partial charge in [-0.2, -0.15) is 22.0 Å². The number of alkyl halides is 5. The zero-order valence-electron chi connectivity index (χ0n) is 16.3. The van der Waals surface area contributed by atoms with Crippen LogP contribution in [0, 0.1) is 0 Å². The molecular formula is C19H30F5NO3. The summed E-state index contributed by atoms with van der Waals surface area (Å²) in [5.74, 6) is -9.25. The van der Waals surface area contributed by atoms with Crippen LogP contribution in [0.15, 0.2) is 12.7 Å². The molecule has 0 saturated carbocycles. The first-order valence-corrected chi connectivity index (χ1v) is 9.61. The summed E-state index contributed by atoms with van der Waals surface area (Å²) in [7, 11) is 0. The number of carbonyl (C=O) groups excluding carboxylic acids is 2. The smallest absolute Gasteiger partial charge is 0.463 e. The summed E-state index contributed by atoms with van der Waals surface area (Å²) < 4.78 is 67.5. The molecule has 9 heteroatoms. The number of esters is 1. The van der Waals surface area contributed by atoms with Gasteiger partial charge in [-0.05, 0) is 12.8 Å². The maximum Gasteiger partial charge on any atom is 0.463 e. The molecule has 0 spiro atoms. The van der Waals surface area contributed by atoms with E-state index in [9.17, 15) is 31.5 Å². The molecule has 0 aromatic heterocycles. The number of carbonyl (C=O) groups is 2. The third-order valence-electron chi connectivity index (χ3n) is 4.13. The van der Waals surface area contributed by atoms with E-state index in [0.717, 1.165) is 31.8 Å². The number of nitrogens with one attached hydrogen (secondary N) is 1. The van der Waals surface area contributed by atoms with E-state index in [1.54, 1.807) is 0 Å². The second-order valence-corrected chi connectivity index (χ2v) is 6.62. The van der Waals surface area contributed by atoms with E-state index < -0.39 is 30.0 Å². The van der Waals surface area contributed by atoms with Gasteiger partial charge >= 0.3 is 24.0 Å². The fraction of sp³-hybridized carbons (Fsp3) is 0.789. The predicted molar refractivity (Wildman–Crippen MR) is 95.9 cm³/mol. The summed E-state index contributed by atoms with van der Waals surface area (Å²) in [6, 6.07) is -1.64. The molecule has 0 heterocycles. The highest BCUT2D eigenvalue weighted by molar-refractivity contribution is 5.89. The Hall–Kier alpha value is -1.67. The van der Waals surface area contributed by atoms with Crippen molar-refractivity contribution in [2.45, 2.75) is 89.3 Å². The van der Waals surface area contributed by atoms with Crippen LogP contribution in [0.1, 0.15) is 71.1 Å². The maximum atomic E-state index is 13.0. The van der Waals surface area contributed by atoms with Crippen molar-refractivity contribution in [1.29, 1.82) is 0 Å². The van der Waals surface area contributed by atoms with Crippen molar-refractivity contribution in [2.75, 3.05) is 6.61 Å². The normalized spacial score (nSPS) is 13.1. The largest absolute Gasteiger partial charge is 0.464 e. The van der Waals surface area contributed by atoms with Crippen molar-refractivity contribution >= 4 is 11.9 Å². The van der Waals surface area contributed by atoms with Crippen LogP contribution >= 0.6 is 0 Å². The molecule has 164 valence electrons. The minimum Gasteiger partial charge on any atom is -0.464 e. The highest BCUT2D eigenvalue weighted by atomic mass is 19.4. The Labute approximate surface area is 162 Å². The highest BCUT2D eigenvalue weighted by Gasteiger charge is 2.63. The SMILES string of the molecule is C=CCC(NC(=O)C(F)(F)C(F)(F)F)C(=O)OCCCCCCCCCCC. The number of halogens is 5. The number of unbranched alkanes of at least 4 members (excludes halogenated alkanes) is 8. The van der Waals surface area contributed by atoms with E-state index in [-0.39, 0.29) is 13.0 Å². The zero-order chi connectivity index (χ0) is 21.6. The molecule has 1 N–H and O–H groups in total. The summed E-state index contributed by atoms with van der Waals surface area (Å²) in [5, 5.41) is 1.40. The Morgan fingerprint density at radius 1 is 0.964 bits per heavy atom. The van der Waals surface area contributed by atoms with Crippen LogP contribution in [0.2, 0.25) is 0 Å². The minimum absolute atomic E-state index is 0.00778. The topological polar surface area (TPSA) is 55.4 Å². The average molecular weight is 415 g/mol. The van der Waals surface area contributed by atoms with Crippen LogP contribution in [0.25, 0.3) is 0 Å². The number of hydrogen-bond donors (Lipinski definition) is 1. The van der Waals surface area contributed by atoms with Crippen LogP contribution in [0.4, 0.5) is 22.0 Å². The fourth-order valence-electron chi connectivity index (χ4n) is 2.44. The lowest BCUT2D eigenvalue weighted by molar-refractivity contribution is -0.270. The van der Waals surface area contributed by atoms with Crippen LogP contribution < -0.4 is 5.32 Å². The molecule has 0 radical (unpaired) electrons. The first kappa shape index (κ1) is 26.3. The zero-order valence-corrected chi connectivity index (χ0v) is 16.3. The molecule has 0 rings (SSSR count). The van der Waals surface area contributed by atoms with Gasteiger partial charge in [-0.1, -0.05) is 64.4 Å². The lowest BCUT2D eigenvalue weighted by atomic mass is 10.1. The van der Waals surface area contributed by atoms with Gasteiger partial charge in [0.05, 0.1) is 6.61 Å². The average Bonchev–Trinajstić information content (AvgIpc) is 2.61. The van der Waals surface area contributed by atoms with Gasteiger partial charge < -0.3 is 10.1 Å². The van der Waals surface area contributed by atoms with Gasteiger partial charge in [0.15, 0.2) is 0 Å². The number of rotatable bonds is 15. The Balaban J connectivity index is 4.21. The second kappa shape index (κ2) is 13.5. The summed E-state index contributed by atoms with van der Waals surface area (Å²) in [6.45, 7) is 5.44. The quantitative estimate of drug-likeness (QED) is 0.170. The Morgan fingerprint density at radius 2 is 1.46 bits per heavy atom. The van der Waals surface area contributed by atoms with Crippen LogP contribution in [0.3, 0.4) is 0 Å². The van der Waals surface area contributed by atoms with Crippen LogP contribution in [-0.2, 0) is 14.3 Å². The molecule has 0 aliphatic rings. The van der Waals surface area contributed by atoms with E-state index in [0.29, 0.717) is 6.42 Å². The fourth-order valence-corrected chi connectivity index (χ4v) is 2.44. The summed E-state index contributed by atoms with van der Waals surface area (Å²) >= 11 is 0.